The van der Waals surface area contributed by atoms with Gasteiger partial charge in [-0.05, 0) is 30.9 Å². The maximum Gasteiger partial charge on any atom is 0.136 e. The lowest BCUT2D eigenvalue weighted by Crippen LogP contribution is -2.20. The van der Waals surface area contributed by atoms with Crippen molar-refractivity contribution in [3.8, 4) is 0 Å². The van der Waals surface area contributed by atoms with E-state index in [-0.39, 0.29) is 5.92 Å². The van der Waals surface area contributed by atoms with Crippen LogP contribution in [0.5, 0.6) is 0 Å². The van der Waals surface area contributed by atoms with E-state index in [4.69, 9.17) is 0 Å². The first-order valence-electron chi connectivity index (χ1n) is 6.42. The smallest absolute Gasteiger partial charge is 0.136 e. The molecular weight excluding hydrogens is 210 g/mol. The van der Waals surface area contributed by atoms with Crippen molar-refractivity contribution < 1.29 is 4.79 Å². The number of hydrogen-bond acceptors (Lipinski definition) is 1. The van der Waals surface area contributed by atoms with Crippen LogP contribution in [0.2, 0.25) is 0 Å². The number of ketones is 1. The maximum absolute atomic E-state index is 11.8. The van der Waals surface area contributed by atoms with Crippen LogP contribution in [0.3, 0.4) is 0 Å². The van der Waals surface area contributed by atoms with Crippen LogP contribution < -0.4 is 0 Å². The van der Waals surface area contributed by atoms with Crippen molar-refractivity contribution in [1.82, 2.24) is 4.98 Å². The van der Waals surface area contributed by atoms with Crippen molar-refractivity contribution in [1.29, 1.82) is 0 Å². The number of aromatic nitrogens is 1. The van der Waals surface area contributed by atoms with Gasteiger partial charge >= 0.3 is 0 Å². The van der Waals surface area contributed by atoms with Gasteiger partial charge in [0, 0.05) is 29.4 Å². The molecular formula is C15H17NO. The normalized spacial score (nSPS) is 20.9. The van der Waals surface area contributed by atoms with Gasteiger partial charge in [0.25, 0.3) is 0 Å². The minimum atomic E-state index is 0.253. The van der Waals surface area contributed by atoms with E-state index >= 15 is 0 Å². The second-order valence-corrected chi connectivity index (χ2v) is 4.97. The Morgan fingerprint density at radius 1 is 1.24 bits per heavy atom. The van der Waals surface area contributed by atoms with Gasteiger partial charge in [-0.3, -0.25) is 4.79 Å². The summed E-state index contributed by atoms with van der Waals surface area (Å²) in [6.45, 7) is 0. The number of aromatic amines is 1. The number of Topliss-reactive ketones (excluding diaryl/α,β-unsaturated/α-hetero) is 1. The number of H-pyrrole nitrogens is 1. The lowest BCUT2D eigenvalue weighted by Gasteiger charge is -2.19. The molecule has 2 nitrogen and oxygen atoms in total. The molecule has 2 heteroatoms. The summed E-state index contributed by atoms with van der Waals surface area (Å²) in [4.78, 5) is 15.1. The summed E-state index contributed by atoms with van der Waals surface area (Å²) in [5, 5.41) is 1.27. The lowest BCUT2D eigenvalue weighted by atomic mass is 9.84. The SMILES string of the molecule is O=C1CCCCC1Cc1c[nH]c2ccccc12. The van der Waals surface area contributed by atoms with Crippen molar-refractivity contribution >= 4 is 16.7 Å². The Labute approximate surface area is 101 Å². The Hall–Kier alpha value is -1.57. The molecule has 0 amide bonds. The highest BCUT2D eigenvalue weighted by atomic mass is 16.1. The summed E-state index contributed by atoms with van der Waals surface area (Å²) < 4.78 is 0. The topological polar surface area (TPSA) is 32.9 Å². The minimum absolute atomic E-state index is 0.253. The monoisotopic (exact) mass is 227 g/mol. The van der Waals surface area contributed by atoms with Crippen LogP contribution in [-0.4, -0.2) is 10.8 Å². The van der Waals surface area contributed by atoms with Crippen molar-refractivity contribution in [3.63, 3.8) is 0 Å². The van der Waals surface area contributed by atoms with Crippen molar-refractivity contribution in [3.05, 3.63) is 36.0 Å². The molecule has 0 bridgehead atoms. The molecule has 0 saturated heterocycles. The van der Waals surface area contributed by atoms with Crippen molar-refractivity contribution in [2.24, 2.45) is 5.92 Å². The van der Waals surface area contributed by atoms with E-state index in [1.165, 1.54) is 22.9 Å². The molecule has 1 N–H and O–H groups in total. The molecule has 0 aliphatic heterocycles. The zero-order valence-corrected chi connectivity index (χ0v) is 9.91. The van der Waals surface area contributed by atoms with Crippen LogP contribution in [0, 0.1) is 5.92 Å². The van der Waals surface area contributed by atoms with Crippen LogP contribution in [0.4, 0.5) is 0 Å². The number of rotatable bonds is 2. The molecule has 1 unspecified atom stereocenters. The summed E-state index contributed by atoms with van der Waals surface area (Å²) in [5.41, 5.74) is 2.46. The van der Waals surface area contributed by atoms with Gasteiger partial charge in [-0.15, -0.1) is 0 Å². The summed E-state index contributed by atoms with van der Waals surface area (Å²) in [6.07, 6.45) is 7.11. The predicted molar refractivity (Wildman–Crippen MR) is 69.0 cm³/mol. The fourth-order valence-electron chi connectivity index (χ4n) is 2.84. The second kappa shape index (κ2) is 4.36. The van der Waals surface area contributed by atoms with Crippen LogP contribution in [0.15, 0.2) is 30.5 Å². The first-order valence-corrected chi connectivity index (χ1v) is 6.42. The van der Waals surface area contributed by atoms with E-state index in [0.717, 1.165) is 25.7 Å². The summed E-state index contributed by atoms with van der Waals surface area (Å²) >= 11 is 0. The average molecular weight is 227 g/mol. The molecule has 0 radical (unpaired) electrons. The van der Waals surface area contributed by atoms with Gasteiger partial charge in [0.2, 0.25) is 0 Å². The Morgan fingerprint density at radius 3 is 3.00 bits per heavy atom. The Bertz CT molecular complexity index is 541. The van der Waals surface area contributed by atoms with Gasteiger partial charge < -0.3 is 4.98 Å². The van der Waals surface area contributed by atoms with Crippen molar-refractivity contribution in [2.75, 3.05) is 0 Å². The van der Waals surface area contributed by atoms with Crippen LogP contribution in [0.1, 0.15) is 31.2 Å². The van der Waals surface area contributed by atoms with Crippen LogP contribution >= 0.6 is 0 Å². The zero-order chi connectivity index (χ0) is 11.7. The molecule has 1 aromatic heterocycles. The van der Waals surface area contributed by atoms with Gasteiger partial charge in [-0.2, -0.15) is 0 Å². The molecule has 1 atom stereocenters. The number of carbonyl (C=O) groups excluding carboxylic acids is 1. The van der Waals surface area contributed by atoms with Gasteiger partial charge in [0.05, 0.1) is 0 Å². The average Bonchev–Trinajstić information content (AvgIpc) is 2.76. The summed E-state index contributed by atoms with van der Waals surface area (Å²) in [5.74, 6) is 0.712. The molecule has 1 aliphatic carbocycles. The number of nitrogens with one attached hydrogen (secondary N) is 1. The molecule has 0 spiro atoms. The molecule has 88 valence electrons. The molecule has 1 heterocycles. The van der Waals surface area contributed by atoms with Gasteiger partial charge in [0.1, 0.15) is 5.78 Å². The number of hydrogen-bond donors (Lipinski definition) is 1. The first kappa shape index (κ1) is 10.6. The predicted octanol–water partition coefficient (Wildman–Crippen LogP) is 3.47. The highest BCUT2D eigenvalue weighted by Gasteiger charge is 2.23. The molecule has 2 aromatic rings. The largest absolute Gasteiger partial charge is 0.361 e. The first-order chi connectivity index (χ1) is 8.34. The summed E-state index contributed by atoms with van der Waals surface area (Å²) in [6, 6.07) is 8.31. The molecule has 1 aliphatic rings. The van der Waals surface area contributed by atoms with Crippen molar-refractivity contribution in [2.45, 2.75) is 32.1 Å². The van der Waals surface area contributed by atoms with E-state index in [2.05, 4.69) is 29.4 Å². The highest BCUT2D eigenvalue weighted by Crippen LogP contribution is 2.27. The van der Waals surface area contributed by atoms with Crippen LogP contribution in [-0.2, 0) is 11.2 Å². The summed E-state index contributed by atoms with van der Waals surface area (Å²) in [7, 11) is 0. The molecule has 3 rings (SSSR count). The standard InChI is InChI=1S/C15H17NO/c17-15-8-4-1-5-11(15)9-12-10-16-14-7-3-2-6-13(12)14/h2-3,6-7,10-11,16H,1,4-5,8-9H2. The third-order valence-electron chi connectivity index (χ3n) is 3.82. The number of carbonyl (C=O) groups is 1. The zero-order valence-electron chi connectivity index (χ0n) is 9.91. The minimum Gasteiger partial charge on any atom is -0.361 e. The van der Waals surface area contributed by atoms with E-state index in [9.17, 15) is 4.79 Å². The number of benzene rings is 1. The third-order valence-corrected chi connectivity index (χ3v) is 3.82. The second-order valence-electron chi connectivity index (χ2n) is 4.97. The quantitative estimate of drug-likeness (QED) is 0.837. The van der Waals surface area contributed by atoms with Gasteiger partial charge in [-0.1, -0.05) is 24.6 Å². The third kappa shape index (κ3) is 1.99. The molecule has 1 saturated carbocycles. The highest BCUT2D eigenvalue weighted by molar-refractivity contribution is 5.85. The van der Waals surface area contributed by atoms with Gasteiger partial charge in [-0.25, -0.2) is 0 Å². The number of para-hydroxylation sites is 1. The fraction of sp³-hybridized carbons (Fsp3) is 0.400. The molecule has 1 aromatic carbocycles. The van der Waals surface area contributed by atoms with E-state index in [0.29, 0.717) is 5.78 Å². The van der Waals surface area contributed by atoms with Crippen LogP contribution in [0.25, 0.3) is 10.9 Å². The maximum atomic E-state index is 11.8. The molecule has 17 heavy (non-hydrogen) atoms. The lowest BCUT2D eigenvalue weighted by molar-refractivity contribution is -0.124. The Kier molecular flexibility index (Phi) is 2.71. The molecule has 1 fully saturated rings. The Balaban J connectivity index is 1.87. The van der Waals surface area contributed by atoms with Gasteiger partial charge in [0.15, 0.2) is 0 Å². The number of fused-ring (bicyclic) bond motifs is 1. The van der Waals surface area contributed by atoms with E-state index < -0.39 is 0 Å². The Morgan fingerprint density at radius 2 is 2.12 bits per heavy atom. The van der Waals surface area contributed by atoms with E-state index in [1.807, 2.05) is 6.07 Å². The fourth-order valence-corrected chi connectivity index (χ4v) is 2.84. The van der Waals surface area contributed by atoms with E-state index in [1.54, 1.807) is 0 Å².